The van der Waals surface area contributed by atoms with Crippen molar-refractivity contribution in [1.29, 1.82) is 0 Å². The molecule has 0 bridgehead atoms. The first-order chi connectivity index (χ1) is 19.3. The molecule has 0 radical (unpaired) electrons. The number of carbonyl (C=O) groups is 1. The lowest BCUT2D eigenvalue weighted by atomic mass is 9.87. The molecule has 5 heteroatoms. The van der Waals surface area contributed by atoms with E-state index in [1.165, 1.54) is 5.56 Å². The van der Waals surface area contributed by atoms with E-state index in [1.54, 1.807) is 0 Å². The summed E-state index contributed by atoms with van der Waals surface area (Å²) in [6.07, 6.45) is 8.64. The number of carbonyl (C=O) groups excluding carboxylic acids is 1. The van der Waals surface area contributed by atoms with E-state index < -0.39 is 0 Å². The Kier molecular flexibility index (Phi) is 6.72. The zero-order valence-electron chi connectivity index (χ0n) is 23.1. The number of fused-ring (bicyclic) bond motifs is 2. The lowest BCUT2D eigenvalue weighted by molar-refractivity contribution is 0.0731. The highest BCUT2D eigenvalue weighted by Crippen LogP contribution is 2.25. The number of amides is 1. The predicted molar refractivity (Wildman–Crippen MR) is 162 cm³/mol. The van der Waals surface area contributed by atoms with Crippen LogP contribution >= 0.6 is 0 Å². The van der Waals surface area contributed by atoms with Crippen LogP contribution in [0.1, 0.15) is 59.1 Å². The van der Waals surface area contributed by atoms with Crippen molar-refractivity contribution in [3.63, 3.8) is 0 Å². The maximum Gasteiger partial charge on any atom is 0.254 e. The van der Waals surface area contributed by atoms with Crippen molar-refractivity contribution in [1.82, 2.24) is 19.9 Å². The molecule has 3 aromatic carbocycles. The lowest BCUT2D eigenvalue weighted by Crippen LogP contribution is -2.36. The Hall–Kier alpha value is -4.64. The van der Waals surface area contributed by atoms with Gasteiger partial charge in [-0.05, 0) is 58.4 Å². The first-order valence-electron chi connectivity index (χ1n) is 13.7. The number of nitrogens with zero attached hydrogens (tertiary/aromatic N) is 4. The first-order valence-corrected chi connectivity index (χ1v) is 13.7. The summed E-state index contributed by atoms with van der Waals surface area (Å²) in [7, 11) is 0. The molecule has 2 aromatic heterocycles. The third-order valence-electron chi connectivity index (χ3n) is 7.48. The van der Waals surface area contributed by atoms with Crippen molar-refractivity contribution >= 4 is 29.0 Å². The Labute approximate surface area is 235 Å². The number of para-hydroxylation sites is 1. The van der Waals surface area contributed by atoms with E-state index >= 15 is 0 Å². The molecule has 3 heterocycles. The minimum Gasteiger partial charge on any atom is -0.332 e. The standard InChI is InChI=1S/C35H32N4O/c1-35(2,3)30-16-12-25(13-17-30)9-8-24-10-14-26(15-11-24)34(40)39-19-18-28-21-37-33(38-32(28)23-39)29-20-27-6-4-5-7-31(27)36-22-29/h4-17,20-22H,18-19,23H2,1-3H3/b9-8+. The van der Waals surface area contributed by atoms with Gasteiger partial charge in [-0.1, -0.05) is 87.5 Å². The average Bonchev–Trinajstić information content (AvgIpc) is 2.99. The summed E-state index contributed by atoms with van der Waals surface area (Å²) < 4.78 is 0. The predicted octanol–water partition coefficient (Wildman–Crippen LogP) is 7.36. The van der Waals surface area contributed by atoms with Crippen LogP contribution in [-0.2, 0) is 18.4 Å². The van der Waals surface area contributed by atoms with Gasteiger partial charge in [0.15, 0.2) is 5.82 Å². The van der Waals surface area contributed by atoms with Gasteiger partial charge in [0.25, 0.3) is 5.91 Å². The Morgan fingerprint density at radius 3 is 2.27 bits per heavy atom. The second-order valence-electron chi connectivity index (χ2n) is 11.4. The number of aromatic nitrogens is 3. The largest absolute Gasteiger partial charge is 0.332 e. The summed E-state index contributed by atoms with van der Waals surface area (Å²) in [5.74, 6) is 0.655. The van der Waals surface area contributed by atoms with E-state index in [-0.39, 0.29) is 11.3 Å². The normalized spacial score (nSPS) is 13.5. The van der Waals surface area contributed by atoms with E-state index in [9.17, 15) is 4.79 Å². The second-order valence-corrected chi connectivity index (χ2v) is 11.4. The molecule has 0 aliphatic carbocycles. The van der Waals surface area contributed by atoms with Gasteiger partial charge in [0.05, 0.1) is 17.8 Å². The number of hydrogen-bond donors (Lipinski definition) is 0. The zero-order chi connectivity index (χ0) is 27.7. The highest BCUT2D eigenvalue weighted by atomic mass is 16.2. The van der Waals surface area contributed by atoms with E-state index in [2.05, 4.69) is 73.2 Å². The minimum atomic E-state index is 0.0199. The molecule has 0 unspecified atom stereocenters. The van der Waals surface area contributed by atoms with Gasteiger partial charge in [-0.15, -0.1) is 0 Å². The van der Waals surface area contributed by atoms with E-state index in [4.69, 9.17) is 4.98 Å². The van der Waals surface area contributed by atoms with Crippen LogP contribution in [0.15, 0.2) is 91.3 Å². The van der Waals surface area contributed by atoms with Crippen LogP contribution in [0.25, 0.3) is 34.4 Å². The molecule has 0 N–H and O–H groups in total. The van der Waals surface area contributed by atoms with E-state index in [0.717, 1.165) is 45.3 Å². The molecule has 0 saturated heterocycles. The van der Waals surface area contributed by atoms with Gasteiger partial charge in [-0.2, -0.15) is 0 Å². The SMILES string of the molecule is CC(C)(C)c1ccc(/C=C/c2ccc(C(=O)N3CCc4cnc(-c5cnc6ccccc6c5)nc4C3)cc2)cc1. The molecule has 0 fully saturated rings. The summed E-state index contributed by atoms with van der Waals surface area (Å²) in [5.41, 5.74) is 8.17. The van der Waals surface area contributed by atoms with Gasteiger partial charge in [0, 0.05) is 35.5 Å². The average molecular weight is 525 g/mol. The van der Waals surface area contributed by atoms with Crippen LogP contribution in [0.4, 0.5) is 0 Å². The van der Waals surface area contributed by atoms with Crippen molar-refractivity contribution in [2.75, 3.05) is 6.54 Å². The summed E-state index contributed by atoms with van der Waals surface area (Å²) in [4.78, 5) is 29.2. The monoisotopic (exact) mass is 524 g/mol. The van der Waals surface area contributed by atoms with Gasteiger partial charge >= 0.3 is 0 Å². The quantitative estimate of drug-likeness (QED) is 0.231. The topological polar surface area (TPSA) is 59.0 Å². The van der Waals surface area contributed by atoms with E-state index in [0.29, 0.717) is 24.5 Å². The molecule has 1 amide bonds. The lowest BCUT2D eigenvalue weighted by Gasteiger charge is -2.28. The summed E-state index contributed by atoms with van der Waals surface area (Å²) >= 11 is 0. The highest BCUT2D eigenvalue weighted by molar-refractivity contribution is 5.94. The van der Waals surface area contributed by atoms with Gasteiger partial charge in [-0.3, -0.25) is 9.78 Å². The Bertz CT molecular complexity index is 1710. The molecule has 40 heavy (non-hydrogen) atoms. The molecule has 5 nitrogen and oxygen atoms in total. The Balaban J connectivity index is 1.14. The summed E-state index contributed by atoms with van der Waals surface area (Å²) in [6, 6.07) is 26.5. The van der Waals surface area contributed by atoms with Crippen LogP contribution in [0, 0.1) is 0 Å². The minimum absolute atomic E-state index is 0.0199. The smallest absolute Gasteiger partial charge is 0.254 e. The second kappa shape index (κ2) is 10.5. The molecule has 6 rings (SSSR count). The molecule has 1 aliphatic heterocycles. The molecule has 5 aromatic rings. The van der Waals surface area contributed by atoms with Crippen LogP contribution < -0.4 is 0 Å². The molecule has 0 atom stereocenters. The van der Waals surface area contributed by atoms with Crippen molar-refractivity contribution in [2.45, 2.75) is 39.2 Å². The summed E-state index contributed by atoms with van der Waals surface area (Å²) in [6.45, 7) is 7.78. The van der Waals surface area contributed by atoms with Crippen LogP contribution in [-0.4, -0.2) is 32.3 Å². The third kappa shape index (κ3) is 5.41. The maximum absolute atomic E-state index is 13.4. The number of hydrogen-bond acceptors (Lipinski definition) is 4. The molecular weight excluding hydrogens is 492 g/mol. The molecule has 0 spiro atoms. The maximum atomic E-state index is 13.4. The van der Waals surface area contributed by atoms with Gasteiger partial charge in [0.1, 0.15) is 0 Å². The number of pyridine rings is 1. The number of rotatable bonds is 4. The van der Waals surface area contributed by atoms with Crippen molar-refractivity contribution in [3.05, 3.63) is 125 Å². The third-order valence-corrected chi connectivity index (χ3v) is 7.48. The van der Waals surface area contributed by atoms with Crippen molar-refractivity contribution in [2.24, 2.45) is 0 Å². The van der Waals surface area contributed by atoms with Gasteiger partial charge in [0.2, 0.25) is 0 Å². The van der Waals surface area contributed by atoms with Gasteiger partial charge < -0.3 is 4.90 Å². The number of benzene rings is 3. The molecule has 1 aliphatic rings. The Morgan fingerprint density at radius 2 is 1.55 bits per heavy atom. The molecule has 198 valence electrons. The molecule has 0 saturated carbocycles. The van der Waals surface area contributed by atoms with Crippen molar-refractivity contribution in [3.8, 4) is 11.4 Å². The fourth-order valence-electron chi connectivity index (χ4n) is 5.01. The van der Waals surface area contributed by atoms with Crippen LogP contribution in [0.5, 0.6) is 0 Å². The van der Waals surface area contributed by atoms with Crippen LogP contribution in [0.3, 0.4) is 0 Å². The first kappa shape index (κ1) is 25.6. The van der Waals surface area contributed by atoms with Gasteiger partial charge in [-0.25, -0.2) is 9.97 Å². The fraction of sp³-hybridized carbons (Fsp3) is 0.200. The van der Waals surface area contributed by atoms with Crippen LogP contribution in [0.2, 0.25) is 0 Å². The summed E-state index contributed by atoms with van der Waals surface area (Å²) in [5, 5.41) is 1.05. The molecular formula is C35H32N4O. The highest BCUT2D eigenvalue weighted by Gasteiger charge is 2.24. The fourth-order valence-corrected chi connectivity index (χ4v) is 5.01. The van der Waals surface area contributed by atoms with Crippen molar-refractivity contribution < 1.29 is 4.79 Å². The Morgan fingerprint density at radius 1 is 0.850 bits per heavy atom. The van der Waals surface area contributed by atoms with E-state index in [1.807, 2.05) is 65.8 Å². The zero-order valence-corrected chi connectivity index (χ0v) is 23.1.